The zero-order chi connectivity index (χ0) is 29.9. The van der Waals surface area contributed by atoms with Gasteiger partial charge in [-0.25, -0.2) is 4.79 Å². The van der Waals surface area contributed by atoms with Gasteiger partial charge in [0.15, 0.2) is 0 Å². The first-order valence-electron chi connectivity index (χ1n) is 13.4. The van der Waals surface area contributed by atoms with Crippen LogP contribution in [0.3, 0.4) is 0 Å². The Balaban J connectivity index is 5.82. The van der Waals surface area contributed by atoms with Crippen molar-refractivity contribution in [1.82, 2.24) is 21.3 Å². The quantitative estimate of drug-likeness (QED) is 0.142. The summed E-state index contributed by atoms with van der Waals surface area (Å²) in [5, 5.41) is 29.6. The number of nitrogens with two attached hydrogens (primary N) is 1. The van der Waals surface area contributed by atoms with E-state index in [0.29, 0.717) is 12.8 Å². The molecule has 0 aromatic rings. The first-order chi connectivity index (χ1) is 17.5. The fourth-order valence-electron chi connectivity index (χ4n) is 3.65. The lowest BCUT2D eigenvalue weighted by Gasteiger charge is -2.31. The topological polar surface area (TPSA) is 200 Å². The summed E-state index contributed by atoms with van der Waals surface area (Å²) in [5.74, 6) is -5.09. The predicted molar refractivity (Wildman–Crippen MR) is 144 cm³/mol. The van der Waals surface area contributed by atoms with Crippen LogP contribution in [0.25, 0.3) is 0 Å². The summed E-state index contributed by atoms with van der Waals surface area (Å²) in [4.78, 5) is 63.6. The molecule has 0 saturated heterocycles. The molecule has 0 fully saturated rings. The second-order valence-electron chi connectivity index (χ2n) is 10.8. The molecule has 0 spiro atoms. The van der Waals surface area contributed by atoms with E-state index in [-0.39, 0.29) is 23.7 Å². The maximum Gasteiger partial charge on any atom is 0.326 e. The minimum atomic E-state index is -1.23. The molecule has 220 valence electrons. The average molecular weight is 544 g/mol. The Morgan fingerprint density at radius 1 is 0.605 bits per heavy atom. The Bertz CT molecular complexity index is 818. The molecule has 0 aliphatic rings. The molecular formula is C26H49N5O7. The summed E-state index contributed by atoms with van der Waals surface area (Å²) in [5.41, 5.74) is 5.69. The van der Waals surface area contributed by atoms with E-state index in [0.717, 1.165) is 0 Å². The minimum absolute atomic E-state index is 0.322. The summed E-state index contributed by atoms with van der Waals surface area (Å²) >= 11 is 0. The van der Waals surface area contributed by atoms with Crippen LogP contribution in [0.1, 0.15) is 75.2 Å². The molecule has 0 radical (unpaired) electrons. The zero-order valence-electron chi connectivity index (χ0n) is 24.2. The summed E-state index contributed by atoms with van der Waals surface area (Å²) in [6.07, 6.45) is -0.0598. The van der Waals surface area contributed by atoms with Crippen molar-refractivity contribution in [2.24, 2.45) is 29.4 Å². The first-order valence-corrected chi connectivity index (χ1v) is 13.4. The largest absolute Gasteiger partial charge is 0.480 e. The third-order valence-electron chi connectivity index (χ3n) is 6.89. The monoisotopic (exact) mass is 543 g/mol. The van der Waals surface area contributed by atoms with E-state index in [2.05, 4.69) is 21.3 Å². The van der Waals surface area contributed by atoms with Gasteiger partial charge in [0.1, 0.15) is 30.2 Å². The Morgan fingerprint density at radius 2 is 0.921 bits per heavy atom. The van der Waals surface area contributed by atoms with Crippen molar-refractivity contribution in [2.45, 2.75) is 111 Å². The van der Waals surface area contributed by atoms with Crippen molar-refractivity contribution in [1.29, 1.82) is 0 Å². The van der Waals surface area contributed by atoms with E-state index < -0.39 is 65.9 Å². The van der Waals surface area contributed by atoms with E-state index in [1.807, 2.05) is 13.8 Å². The molecule has 0 aromatic carbocycles. The third kappa shape index (κ3) is 10.6. The van der Waals surface area contributed by atoms with Crippen LogP contribution in [0.15, 0.2) is 0 Å². The lowest BCUT2D eigenvalue weighted by molar-refractivity contribution is -0.144. The van der Waals surface area contributed by atoms with Gasteiger partial charge < -0.3 is 37.2 Å². The number of rotatable bonds is 16. The number of carbonyl (C=O) groups is 5. The Hall–Kier alpha value is -2.73. The average Bonchev–Trinajstić information content (AvgIpc) is 2.84. The second-order valence-corrected chi connectivity index (χ2v) is 10.8. The van der Waals surface area contributed by atoms with Gasteiger partial charge in [-0.15, -0.1) is 0 Å². The molecule has 4 amide bonds. The number of nitrogens with one attached hydrogen (secondary N) is 4. The van der Waals surface area contributed by atoms with E-state index >= 15 is 0 Å². The van der Waals surface area contributed by atoms with Crippen molar-refractivity contribution in [3.8, 4) is 0 Å². The number of carbonyl (C=O) groups excluding carboxylic acids is 4. The molecule has 8 N–H and O–H groups in total. The second kappa shape index (κ2) is 16.3. The van der Waals surface area contributed by atoms with E-state index in [4.69, 9.17) is 5.73 Å². The highest BCUT2D eigenvalue weighted by Crippen LogP contribution is 2.13. The van der Waals surface area contributed by atoms with E-state index in [1.54, 1.807) is 41.5 Å². The molecule has 0 aliphatic heterocycles. The number of carboxylic acids is 1. The molecule has 0 rings (SSSR count). The number of hydrogen-bond donors (Lipinski definition) is 7. The Morgan fingerprint density at radius 3 is 1.26 bits per heavy atom. The molecule has 8 atom stereocenters. The number of aliphatic hydroxyl groups is 1. The van der Waals surface area contributed by atoms with Crippen molar-refractivity contribution in [3.63, 3.8) is 0 Å². The number of aliphatic carboxylic acids is 1. The molecule has 0 unspecified atom stereocenters. The highest BCUT2D eigenvalue weighted by molar-refractivity contribution is 5.95. The van der Waals surface area contributed by atoms with Gasteiger partial charge in [0.05, 0.1) is 6.10 Å². The SMILES string of the molecule is CC[C@H](C)[C@H](NC(=O)[C@@H](NC(=O)[C@@H](NC(=O)[C@@H](NC(=O)[C@@H](N)[C@@H](C)O)C(C)C)[C@@H](C)CC)C(C)C)C(=O)O. The lowest BCUT2D eigenvalue weighted by atomic mass is 9.94. The van der Waals surface area contributed by atoms with Gasteiger partial charge in [-0.3, -0.25) is 19.2 Å². The Kier molecular flexibility index (Phi) is 15.1. The van der Waals surface area contributed by atoms with Crippen molar-refractivity contribution in [3.05, 3.63) is 0 Å². The van der Waals surface area contributed by atoms with Crippen LogP contribution in [-0.4, -0.2) is 76.1 Å². The van der Waals surface area contributed by atoms with Gasteiger partial charge in [0, 0.05) is 0 Å². The molecule has 0 aromatic heterocycles. The van der Waals surface area contributed by atoms with Gasteiger partial charge in [0.2, 0.25) is 23.6 Å². The standard InChI is InChI=1S/C26H49N5O7/c1-10-14(7)20(30-23(34)18(12(3)4)28-22(33)17(27)16(9)32)25(36)29-19(13(5)6)24(35)31-21(26(37)38)15(8)11-2/h12-21,32H,10-11,27H2,1-9H3,(H,28,33)(H,29,36)(H,30,34)(H,31,35)(H,37,38)/t14-,15-,16+,17-,18-,19-,20-,21-/m0/s1. The molecule has 38 heavy (non-hydrogen) atoms. The van der Waals surface area contributed by atoms with Crippen LogP contribution in [0.2, 0.25) is 0 Å². The van der Waals surface area contributed by atoms with Gasteiger partial charge in [0.25, 0.3) is 0 Å². The maximum atomic E-state index is 13.4. The van der Waals surface area contributed by atoms with Crippen LogP contribution >= 0.6 is 0 Å². The van der Waals surface area contributed by atoms with Gasteiger partial charge in [-0.05, 0) is 30.6 Å². The lowest BCUT2D eigenvalue weighted by Crippen LogP contribution is -2.62. The molecule has 12 heteroatoms. The van der Waals surface area contributed by atoms with Crippen molar-refractivity contribution < 1.29 is 34.2 Å². The van der Waals surface area contributed by atoms with Gasteiger partial charge in [-0.1, -0.05) is 68.2 Å². The zero-order valence-corrected chi connectivity index (χ0v) is 24.2. The molecule has 0 saturated carbocycles. The predicted octanol–water partition coefficient (Wildman–Crippen LogP) is 0.123. The van der Waals surface area contributed by atoms with Gasteiger partial charge in [-0.2, -0.15) is 0 Å². The number of amides is 4. The third-order valence-corrected chi connectivity index (χ3v) is 6.89. The molecule has 0 heterocycles. The summed E-state index contributed by atoms with van der Waals surface area (Å²) < 4.78 is 0. The van der Waals surface area contributed by atoms with Crippen LogP contribution in [0.5, 0.6) is 0 Å². The Labute approximate surface area is 226 Å². The van der Waals surface area contributed by atoms with E-state index in [1.165, 1.54) is 6.92 Å². The van der Waals surface area contributed by atoms with Crippen molar-refractivity contribution in [2.75, 3.05) is 0 Å². The highest BCUT2D eigenvalue weighted by atomic mass is 16.4. The number of aliphatic hydroxyl groups excluding tert-OH is 1. The first kappa shape index (κ1) is 35.3. The van der Waals surface area contributed by atoms with Crippen LogP contribution in [0, 0.1) is 23.7 Å². The smallest absolute Gasteiger partial charge is 0.326 e. The summed E-state index contributed by atoms with van der Waals surface area (Å²) in [6.45, 7) is 15.4. The molecule has 12 nitrogen and oxygen atoms in total. The minimum Gasteiger partial charge on any atom is -0.480 e. The molecule has 0 bridgehead atoms. The highest BCUT2D eigenvalue weighted by Gasteiger charge is 2.36. The van der Waals surface area contributed by atoms with E-state index in [9.17, 15) is 34.2 Å². The summed E-state index contributed by atoms with van der Waals surface area (Å²) in [6, 6.07) is -5.44. The van der Waals surface area contributed by atoms with Crippen LogP contribution in [-0.2, 0) is 24.0 Å². The van der Waals surface area contributed by atoms with Crippen molar-refractivity contribution >= 4 is 29.6 Å². The molecule has 0 aliphatic carbocycles. The normalized spacial score (nSPS) is 17.8. The van der Waals surface area contributed by atoms with Crippen LogP contribution in [0.4, 0.5) is 0 Å². The van der Waals surface area contributed by atoms with Gasteiger partial charge >= 0.3 is 5.97 Å². The summed E-state index contributed by atoms with van der Waals surface area (Å²) in [7, 11) is 0. The fraction of sp³-hybridized carbons (Fsp3) is 0.808. The maximum absolute atomic E-state index is 13.4. The fourth-order valence-corrected chi connectivity index (χ4v) is 3.65. The number of hydrogen-bond acceptors (Lipinski definition) is 7. The molecular weight excluding hydrogens is 494 g/mol. The van der Waals surface area contributed by atoms with Crippen LogP contribution < -0.4 is 27.0 Å². The number of carboxylic acid groups (broad SMARTS) is 1.